The zero-order chi connectivity index (χ0) is 15.5. The summed E-state index contributed by atoms with van der Waals surface area (Å²) in [6.07, 6.45) is 1.02. The van der Waals surface area contributed by atoms with Crippen molar-refractivity contribution >= 4 is 0 Å². The van der Waals surface area contributed by atoms with Gasteiger partial charge in [0.15, 0.2) is 5.82 Å². The second kappa shape index (κ2) is 6.11. The molecule has 3 aromatic rings. The minimum Gasteiger partial charge on any atom is -0.394 e. The van der Waals surface area contributed by atoms with Gasteiger partial charge in [0, 0.05) is 5.56 Å². The molecule has 2 aromatic heterocycles. The number of aromatic amines is 1. The van der Waals surface area contributed by atoms with Crippen LogP contribution in [0.3, 0.4) is 0 Å². The fourth-order valence-electron chi connectivity index (χ4n) is 2.40. The van der Waals surface area contributed by atoms with Crippen molar-refractivity contribution in [1.82, 2.24) is 25.0 Å². The van der Waals surface area contributed by atoms with Crippen LogP contribution in [0.2, 0.25) is 0 Å². The standard InChI is InChI=1S/C16H19N5O/c1-3-12-4-6-13(7-5-12)14-10-15(19-18-14)16-17-11(2)20-21(16)8-9-22/h4-7,10,22H,3,8-9H2,1-2H3,(H,18,19). The van der Waals surface area contributed by atoms with Gasteiger partial charge in [-0.1, -0.05) is 31.2 Å². The van der Waals surface area contributed by atoms with Crippen molar-refractivity contribution in [1.29, 1.82) is 0 Å². The highest BCUT2D eigenvalue weighted by molar-refractivity contribution is 5.65. The van der Waals surface area contributed by atoms with Crippen LogP contribution >= 0.6 is 0 Å². The third-order valence-electron chi connectivity index (χ3n) is 3.57. The molecular weight excluding hydrogens is 278 g/mol. The largest absolute Gasteiger partial charge is 0.394 e. The lowest BCUT2D eigenvalue weighted by atomic mass is 10.1. The third kappa shape index (κ3) is 2.78. The van der Waals surface area contributed by atoms with Crippen molar-refractivity contribution in [2.75, 3.05) is 6.61 Å². The number of H-pyrrole nitrogens is 1. The highest BCUT2D eigenvalue weighted by Gasteiger charge is 2.13. The van der Waals surface area contributed by atoms with E-state index in [1.807, 2.05) is 13.0 Å². The van der Waals surface area contributed by atoms with Crippen LogP contribution in [0.1, 0.15) is 18.3 Å². The Morgan fingerprint density at radius 2 is 2.00 bits per heavy atom. The average Bonchev–Trinajstić information content (AvgIpc) is 3.14. The number of aromatic nitrogens is 5. The van der Waals surface area contributed by atoms with E-state index in [-0.39, 0.29) is 6.61 Å². The highest BCUT2D eigenvalue weighted by atomic mass is 16.3. The maximum absolute atomic E-state index is 9.12. The summed E-state index contributed by atoms with van der Waals surface area (Å²) in [4.78, 5) is 4.40. The first-order valence-corrected chi connectivity index (χ1v) is 7.38. The zero-order valence-corrected chi connectivity index (χ0v) is 12.7. The SMILES string of the molecule is CCc1ccc(-c2cc(-c3nc(C)nn3CCO)[nH]n2)cc1. The van der Waals surface area contributed by atoms with Crippen LogP contribution in [0.25, 0.3) is 22.8 Å². The Morgan fingerprint density at radius 3 is 2.68 bits per heavy atom. The van der Waals surface area contributed by atoms with E-state index in [4.69, 9.17) is 5.11 Å². The van der Waals surface area contributed by atoms with Gasteiger partial charge in [0.1, 0.15) is 11.5 Å². The van der Waals surface area contributed by atoms with Gasteiger partial charge in [0.2, 0.25) is 0 Å². The first-order valence-electron chi connectivity index (χ1n) is 7.38. The molecule has 0 bridgehead atoms. The van der Waals surface area contributed by atoms with Crippen molar-refractivity contribution in [3.8, 4) is 22.8 Å². The molecule has 0 amide bonds. The Balaban J connectivity index is 1.93. The van der Waals surface area contributed by atoms with Gasteiger partial charge >= 0.3 is 0 Å². The Bertz CT molecular complexity index is 757. The Hall–Kier alpha value is -2.47. The van der Waals surface area contributed by atoms with Gasteiger partial charge in [-0.15, -0.1) is 0 Å². The monoisotopic (exact) mass is 297 g/mol. The summed E-state index contributed by atoms with van der Waals surface area (Å²) in [7, 11) is 0. The van der Waals surface area contributed by atoms with Crippen molar-refractivity contribution in [3.05, 3.63) is 41.7 Å². The van der Waals surface area contributed by atoms with E-state index in [2.05, 4.69) is 51.5 Å². The molecule has 0 saturated heterocycles. The lowest BCUT2D eigenvalue weighted by Gasteiger charge is -2.00. The van der Waals surface area contributed by atoms with Gasteiger partial charge in [-0.25, -0.2) is 9.67 Å². The number of aryl methyl sites for hydroxylation is 2. The molecule has 22 heavy (non-hydrogen) atoms. The van der Waals surface area contributed by atoms with Gasteiger partial charge < -0.3 is 5.11 Å². The fourth-order valence-corrected chi connectivity index (χ4v) is 2.40. The lowest BCUT2D eigenvalue weighted by Crippen LogP contribution is -2.06. The van der Waals surface area contributed by atoms with E-state index < -0.39 is 0 Å². The van der Waals surface area contributed by atoms with Crippen LogP contribution in [0.4, 0.5) is 0 Å². The number of hydrogen-bond acceptors (Lipinski definition) is 4. The summed E-state index contributed by atoms with van der Waals surface area (Å²) < 4.78 is 1.69. The van der Waals surface area contributed by atoms with Crippen LogP contribution in [0, 0.1) is 6.92 Å². The maximum Gasteiger partial charge on any atom is 0.176 e. The molecule has 2 heterocycles. The fraction of sp³-hybridized carbons (Fsp3) is 0.312. The molecule has 3 rings (SSSR count). The van der Waals surface area contributed by atoms with Gasteiger partial charge in [-0.05, 0) is 25.0 Å². The molecule has 2 N–H and O–H groups in total. The summed E-state index contributed by atoms with van der Waals surface area (Å²) in [5.74, 6) is 1.36. The summed E-state index contributed by atoms with van der Waals surface area (Å²) >= 11 is 0. The third-order valence-corrected chi connectivity index (χ3v) is 3.57. The molecule has 0 aliphatic rings. The van der Waals surface area contributed by atoms with Crippen LogP contribution < -0.4 is 0 Å². The Labute approximate surface area is 128 Å². The minimum absolute atomic E-state index is 0.0231. The molecule has 0 atom stereocenters. The van der Waals surface area contributed by atoms with Crippen molar-refractivity contribution in [3.63, 3.8) is 0 Å². The van der Waals surface area contributed by atoms with E-state index in [0.29, 0.717) is 18.2 Å². The summed E-state index contributed by atoms with van der Waals surface area (Å²) in [6, 6.07) is 10.3. The maximum atomic E-state index is 9.12. The quantitative estimate of drug-likeness (QED) is 0.756. The Kier molecular flexibility index (Phi) is 4.02. The van der Waals surface area contributed by atoms with Gasteiger partial charge in [-0.2, -0.15) is 10.2 Å². The second-order valence-electron chi connectivity index (χ2n) is 5.15. The predicted octanol–water partition coefficient (Wildman–Crippen LogP) is 2.20. The van der Waals surface area contributed by atoms with Crippen molar-refractivity contribution in [2.24, 2.45) is 0 Å². The van der Waals surface area contributed by atoms with E-state index in [1.54, 1.807) is 4.68 Å². The summed E-state index contributed by atoms with van der Waals surface area (Å²) in [5.41, 5.74) is 4.03. The molecule has 6 nitrogen and oxygen atoms in total. The van der Waals surface area contributed by atoms with Crippen LogP contribution in [-0.4, -0.2) is 36.7 Å². The van der Waals surface area contributed by atoms with Crippen LogP contribution in [0.15, 0.2) is 30.3 Å². The first-order chi connectivity index (χ1) is 10.7. The number of nitrogens with one attached hydrogen (secondary N) is 1. The molecule has 0 saturated carbocycles. The molecule has 1 aromatic carbocycles. The molecule has 114 valence electrons. The van der Waals surface area contributed by atoms with E-state index in [1.165, 1.54) is 5.56 Å². The molecule has 0 aliphatic heterocycles. The summed E-state index contributed by atoms with van der Waals surface area (Å²) in [6.45, 7) is 4.40. The second-order valence-corrected chi connectivity index (χ2v) is 5.15. The van der Waals surface area contributed by atoms with Gasteiger partial charge in [0.05, 0.1) is 18.8 Å². The smallest absolute Gasteiger partial charge is 0.176 e. The number of aliphatic hydroxyl groups is 1. The van der Waals surface area contributed by atoms with E-state index >= 15 is 0 Å². The van der Waals surface area contributed by atoms with Crippen LogP contribution in [-0.2, 0) is 13.0 Å². The average molecular weight is 297 g/mol. The molecule has 0 fully saturated rings. The van der Waals surface area contributed by atoms with Gasteiger partial charge in [-0.3, -0.25) is 5.10 Å². The van der Waals surface area contributed by atoms with E-state index in [9.17, 15) is 0 Å². The molecule has 0 unspecified atom stereocenters. The topological polar surface area (TPSA) is 79.6 Å². The first kappa shape index (κ1) is 14.5. The number of rotatable bonds is 5. The van der Waals surface area contributed by atoms with Crippen molar-refractivity contribution in [2.45, 2.75) is 26.8 Å². The molecular formula is C16H19N5O. The van der Waals surface area contributed by atoms with Crippen LogP contribution in [0.5, 0.6) is 0 Å². The number of benzene rings is 1. The number of aliphatic hydroxyl groups excluding tert-OH is 1. The zero-order valence-electron chi connectivity index (χ0n) is 12.7. The minimum atomic E-state index is 0.0231. The molecule has 0 spiro atoms. The Morgan fingerprint density at radius 1 is 1.23 bits per heavy atom. The number of nitrogens with zero attached hydrogens (tertiary/aromatic N) is 4. The molecule has 6 heteroatoms. The highest BCUT2D eigenvalue weighted by Crippen LogP contribution is 2.23. The molecule has 0 aliphatic carbocycles. The van der Waals surface area contributed by atoms with Crippen molar-refractivity contribution < 1.29 is 5.11 Å². The summed E-state index contributed by atoms with van der Waals surface area (Å²) in [5, 5.41) is 20.8. The van der Waals surface area contributed by atoms with Gasteiger partial charge in [0.25, 0.3) is 0 Å². The normalized spacial score (nSPS) is 11.0. The number of hydrogen-bond donors (Lipinski definition) is 2. The van der Waals surface area contributed by atoms with E-state index in [0.717, 1.165) is 23.4 Å². The predicted molar refractivity (Wildman–Crippen MR) is 84.2 cm³/mol. The molecule has 0 radical (unpaired) electrons. The lowest BCUT2D eigenvalue weighted by molar-refractivity contribution is 0.270.